The number of terminal acetylenes is 1. The number of hydrogen-bond donors (Lipinski definition) is 1. The average Bonchev–Trinajstić information content (AvgIpc) is 3.35. The molecule has 2 aliphatic rings. The maximum absolute atomic E-state index is 12.4. The molecule has 0 radical (unpaired) electrons. The molecule has 0 aromatic heterocycles. The fraction of sp³-hybridized carbons (Fsp3) is 0.421. The van der Waals surface area contributed by atoms with E-state index in [2.05, 4.69) is 21.5 Å². The van der Waals surface area contributed by atoms with Crippen LogP contribution in [0.4, 0.5) is 0 Å². The van der Waals surface area contributed by atoms with E-state index in [1.54, 1.807) is 18.2 Å². The lowest BCUT2D eigenvalue weighted by atomic mass is 10.0. The molecule has 1 aromatic carbocycles. The smallest absolute Gasteiger partial charge is 0.261 e. The number of carbonyl (C=O) groups excluding carboxylic acids is 3. The Morgan fingerprint density at radius 3 is 2.65 bits per heavy atom. The van der Waals surface area contributed by atoms with Gasteiger partial charge in [0.05, 0.1) is 11.1 Å². The Morgan fingerprint density at radius 1 is 1.23 bits per heavy atom. The van der Waals surface area contributed by atoms with Crippen LogP contribution in [-0.4, -0.2) is 41.4 Å². The van der Waals surface area contributed by atoms with E-state index in [0.717, 1.165) is 10.5 Å². The molecule has 2 heterocycles. The van der Waals surface area contributed by atoms with Gasteiger partial charge in [-0.3, -0.25) is 19.3 Å². The molecule has 0 bridgehead atoms. The topological polar surface area (TPSA) is 91.2 Å². The minimum Gasteiger partial charge on any atom is -0.356 e. The number of rotatable bonds is 8. The quantitative estimate of drug-likeness (QED) is 0.573. The van der Waals surface area contributed by atoms with Gasteiger partial charge < -0.3 is 5.32 Å². The van der Waals surface area contributed by atoms with Crippen molar-refractivity contribution in [3.05, 3.63) is 34.9 Å². The normalized spacial score (nSPS) is 16.4. The van der Waals surface area contributed by atoms with Gasteiger partial charge in [0.15, 0.2) is 5.66 Å². The standard InChI is InChI=1S/C19H20N4O3/c1-3-4-8-19(21-22-19)9-10-20-16(24)7-11-23-17(25)14-6-5-13(2)12-15(14)18(23)26/h1,5-6,12H,4,7-11H2,2H3,(H,20,24). The van der Waals surface area contributed by atoms with Crippen LogP contribution >= 0.6 is 0 Å². The van der Waals surface area contributed by atoms with Crippen molar-refractivity contribution in [3.8, 4) is 12.3 Å². The molecule has 0 saturated heterocycles. The molecule has 0 atom stereocenters. The van der Waals surface area contributed by atoms with Gasteiger partial charge >= 0.3 is 0 Å². The largest absolute Gasteiger partial charge is 0.356 e. The van der Waals surface area contributed by atoms with Crippen molar-refractivity contribution in [1.82, 2.24) is 10.2 Å². The number of aryl methyl sites for hydroxylation is 1. The van der Waals surface area contributed by atoms with Gasteiger partial charge in [-0.15, -0.1) is 12.3 Å². The van der Waals surface area contributed by atoms with Crippen molar-refractivity contribution in [1.29, 1.82) is 0 Å². The predicted molar refractivity (Wildman–Crippen MR) is 94.4 cm³/mol. The van der Waals surface area contributed by atoms with E-state index >= 15 is 0 Å². The van der Waals surface area contributed by atoms with Crippen LogP contribution in [0.2, 0.25) is 0 Å². The lowest BCUT2D eigenvalue weighted by Gasteiger charge is -2.14. The molecular weight excluding hydrogens is 332 g/mol. The number of carbonyl (C=O) groups is 3. The summed E-state index contributed by atoms with van der Waals surface area (Å²) < 4.78 is 0. The summed E-state index contributed by atoms with van der Waals surface area (Å²) in [4.78, 5) is 37.8. The van der Waals surface area contributed by atoms with Crippen LogP contribution in [0.15, 0.2) is 28.4 Å². The number of nitrogens with zero attached hydrogens (tertiary/aromatic N) is 3. The summed E-state index contributed by atoms with van der Waals surface area (Å²) in [5, 5.41) is 10.8. The lowest BCUT2D eigenvalue weighted by molar-refractivity contribution is -0.121. The molecule has 134 valence electrons. The molecule has 1 aromatic rings. The van der Waals surface area contributed by atoms with Crippen LogP contribution in [0, 0.1) is 19.3 Å². The van der Waals surface area contributed by atoms with E-state index in [4.69, 9.17) is 6.42 Å². The summed E-state index contributed by atoms with van der Waals surface area (Å²) in [6.45, 7) is 2.36. The number of amides is 3. The zero-order valence-electron chi connectivity index (χ0n) is 14.6. The second-order valence-corrected chi connectivity index (χ2v) is 6.55. The Morgan fingerprint density at radius 2 is 1.96 bits per heavy atom. The molecule has 2 aliphatic heterocycles. The Balaban J connectivity index is 1.45. The predicted octanol–water partition coefficient (Wildman–Crippen LogP) is 2.06. The molecule has 7 nitrogen and oxygen atoms in total. The SMILES string of the molecule is C#CCCC1(CCNC(=O)CCN2C(=O)c3ccc(C)cc3C2=O)N=N1. The first-order valence-electron chi connectivity index (χ1n) is 8.57. The number of benzene rings is 1. The van der Waals surface area contributed by atoms with Crippen molar-refractivity contribution in [2.75, 3.05) is 13.1 Å². The summed E-state index contributed by atoms with van der Waals surface area (Å²) in [7, 11) is 0. The van der Waals surface area contributed by atoms with Crippen LogP contribution in [0.1, 0.15) is 52.0 Å². The Bertz CT molecular complexity index is 832. The van der Waals surface area contributed by atoms with Crippen molar-refractivity contribution >= 4 is 17.7 Å². The van der Waals surface area contributed by atoms with Gasteiger partial charge in [-0.25, -0.2) is 0 Å². The van der Waals surface area contributed by atoms with E-state index in [1.165, 1.54) is 0 Å². The van der Waals surface area contributed by atoms with E-state index in [-0.39, 0.29) is 30.7 Å². The van der Waals surface area contributed by atoms with E-state index in [0.29, 0.717) is 36.9 Å². The van der Waals surface area contributed by atoms with Crippen molar-refractivity contribution in [3.63, 3.8) is 0 Å². The van der Waals surface area contributed by atoms with E-state index in [1.807, 2.05) is 6.92 Å². The first-order chi connectivity index (χ1) is 12.5. The number of imide groups is 1. The number of hydrogen-bond acceptors (Lipinski definition) is 5. The van der Waals surface area contributed by atoms with Gasteiger partial charge in [0.2, 0.25) is 5.91 Å². The van der Waals surface area contributed by atoms with Crippen molar-refractivity contribution in [2.45, 2.75) is 38.3 Å². The van der Waals surface area contributed by atoms with Crippen molar-refractivity contribution in [2.24, 2.45) is 10.2 Å². The highest BCUT2D eigenvalue weighted by atomic mass is 16.2. The monoisotopic (exact) mass is 352 g/mol. The molecule has 1 N–H and O–H groups in total. The second kappa shape index (κ2) is 7.08. The van der Waals surface area contributed by atoms with Crippen LogP contribution < -0.4 is 5.32 Å². The summed E-state index contributed by atoms with van der Waals surface area (Å²) in [5.41, 5.74) is 1.29. The molecule has 0 unspecified atom stereocenters. The summed E-state index contributed by atoms with van der Waals surface area (Å²) >= 11 is 0. The third-order valence-electron chi connectivity index (χ3n) is 4.59. The zero-order chi connectivity index (χ0) is 18.7. The van der Waals surface area contributed by atoms with Gasteiger partial charge in [-0.05, 0) is 19.1 Å². The fourth-order valence-electron chi connectivity index (χ4n) is 2.98. The molecule has 3 amide bonds. The van der Waals surface area contributed by atoms with Gasteiger partial charge in [0.1, 0.15) is 0 Å². The molecule has 0 saturated carbocycles. The Hall–Kier alpha value is -3.01. The third-order valence-corrected chi connectivity index (χ3v) is 4.59. The van der Waals surface area contributed by atoms with Gasteiger partial charge in [0.25, 0.3) is 11.8 Å². The first-order valence-corrected chi connectivity index (χ1v) is 8.57. The van der Waals surface area contributed by atoms with Crippen LogP contribution in [-0.2, 0) is 4.79 Å². The number of nitrogens with one attached hydrogen (secondary N) is 1. The summed E-state index contributed by atoms with van der Waals surface area (Å²) in [6, 6.07) is 5.15. The van der Waals surface area contributed by atoms with Crippen molar-refractivity contribution < 1.29 is 14.4 Å². The molecule has 26 heavy (non-hydrogen) atoms. The molecule has 7 heteroatoms. The van der Waals surface area contributed by atoms with Gasteiger partial charge in [0, 0.05) is 38.8 Å². The second-order valence-electron chi connectivity index (χ2n) is 6.55. The maximum atomic E-state index is 12.4. The van der Waals surface area contributed by atoms with Crippen LogP contribution in [0.3, 0.4) is 0 Å². The number of fused-ring (bicyclic) bond motifs is 1. The minimum atomic E-state index is -0.431. The molecule has 3 rings (SSSR count). The summed E-state index contributed by atoms with van der Waals surface area (Å²) in [6.07, 6.45) is 7.19. The lowest BCUT2D eigenvalue weighted by Crippen LogP contribution is -2.35. The average molecular weight is 352 g/mol. The maximum Gasteiger partial charge on any atom is 0.261 e. The fourth-order valence-corrected chi connectivity index (χ4v) is 2.98. The summed E-state index contributed by atoms with van der Waals surface area (Å²) in [5.74, 6) is 1.65. The van der Waals surface area contributed by atoms with E-state index < -0.39 is 5.66 Å². The van der Waals surface area contributed by atoms with E-state index in [9.17, 15) is 14.4 Å². The highest BCUT2D eigenvalue weighted by Gasteiger charge is 2.39. The van der Waals surface area contributed by atoms with Gasteiger partial charge in [-0.2, -0.15) is 10.2 Å². The van der Waals surface area contributed by atoms with Crippen LogP contribution in [0.25, 0.3) is 0 Å². The minimum absolute atomic E-state index is 0.0637. The highest BCUT2D eigenvalue weighted by Crippen LogP contribution is 2.36. The molecular formula is C19H20N4O3. The third kappa shape index (κ3) is 3.64. The zero-order valence-corrected chi connectivity index (χ0v) is 14.6. The van der Waals surface area contributed by atoms with Gasteiger partial charge in [-0.1, -0.05) is 11.6 Å². The highest BCUT2D eigenvalue weighted by molar-refractivity contribution is 6.21. The molecule has 0 aliphatic carbocycles. The molecule has 0 fully saturated rings. The Kier molecular flexibility index (Phi) is 4.85. The van der Waals surface area contributed by atoms with Crippen LogP contribution in [0.5, 0.6) is 0 Å². The Labute approximate surface area is 151 Å². The molecule has 0 spiro atoms. The first kappa shape index (κ1) is 17.8.